The third-order valence-corrected chi connectivity index (χ3v) is 4.94. The smallest absolute Gasteiger partial charge is 0.413 e. The Kier molecular flexibility index (Phi) is 6.19. The van der Waals surface area contributed by atoms with Crippen molar-refractivity contribution in [2.75, 3.05) is 7.11 Å². The van der Waals surface area contributed by atoms with E-state index in [9.17, 15) is 14.4 Å². The molecule has 2 amide bonds. The van der Waals surface area contributed by atoms with Crippen LogP contribution in [0.15, 0.2) is 34.2 Å². The summed E-state index contributed by atoms with van der Waals surface area (Å²) in [4.78, 5) is 40.7. The molecule has 2 atom stereocenters. The number of rotatable bonds is 5. The lowest BCUT2D eigenvalue weighted by molar-refractivity contribution is -0.119. The van der Waals surface area contributed by atoms with E-state index in [-0.39, 0.29) is 11.6 Å². The molecule has 2 rings (SSSR count). The second-order valence-electron chi connectivity index (χ2n) is 5.58. The van der Waals surface area contributed by atoms with Gasteiger partial charge in [0.25, 0.3) is 5.56 Å². The summed E-state index contributed by atoms with van der Waals surface area (Å²) in [6.07, 6.45) is -0.0702. The number of hydrogen-bond acceptors (Lipinski definition) is 6. The van der Waals surface area contributed by atoms with Crippen molar-refractivity contribution in [1.82, 2.24) is 14.9 Å². The molecule has 0 unspecified atom stereocenters. The van der Waals surface area contributed by atoms with Crippen molar-refractivity contribution in [3.05, 3.63) is 34.6 Å². The quantitative estimate of drug-likeness (QED) is 0.649. The van der Waals surface area contributed by atoms with E-state index < -0.39 is 17.3 Å². The zero-order valence-electron chi connectivity index (χ0n) is 14.6. The van der Waals surface area contributed by atoms with Crippen molar-refractivity contribution in [3.63, 3.8) is 0 Å². The van der Waals surface area contributed by atoms with Crippen LogP contribution >= 0.6 is 11.8 Å². The van der Waals surface area contributed by atoms with Gasteiger partial charge in [-0.05, 0) is 32.4 Å². The summed E-state index contributed by atoms with van der Waals surface area (Å²) in [6, 6.07) is 7.05. The first kappa shape index (κ1) is 19.0. The van der Waals surface area contributed by atoms with Crippen molar-refractivity contribution in [1.29, 1.82) is 0 Å². The number of para-hydroxylation sites is 1. The highest BCUT2D eigenvalue weighted by Gasteiger charge is 2.22. The van der Waals surface area contributed by atoms with E-state index in [1.165, 1.54) is 7.11 Å². The van der Waals surface area contributed by atoms with E-state index in [0.717, 1.165) is 18.2 Å². The standard InChI is InChI=1S/C17H21N3O4S/c1-5-10(2)20-15(22)12-8-6-7-9-13(12)18-16(20)25-11(3)14(21)19-17(23)24-4/h6-11H,5H2,1-4H3,(H,19,21,23)/t10-,11+/m0/s1. The number of alkyl carbamates (subject to hydrolysis) is 1. The lowest BCUT2D eigenvalue weighted by Crippen LogP contribution is -2.36. The molecule has 1 N–H and O–H groups in total. The number of ether oxygens (including phenoxy) is 1. The SMILES string of the molecule is CC[C@H](C)n1c(S[C@H](C)C(=O)NC(=O)OC)nc2ccccc2c1=O. The maximum atomic E-state index is 12.9. The van der Waals surface area contributed by atoms with Gasteiger partial charge in [-0.1, -0.05) is 30.8 Å². The summed E-state index contributed by atoms with van der Waals surface area (Å²) in [5.74, 6) is -0.505. The predicted molar refractivity (Wildman–Crippen MR) is 96.9 cm³/mol. The van der Waals surface area contributed by atoms with Gasteiger partial charge >= 0.3 is 6.09 Å². The molecule has 1 aromatic heterocycles. The number of methoxy groups -OCH3 is 1. The molecule has 0 saturated heterocycles. The van der Waals surface area contributed by atoms with Crippen molar-refractivity contribution in [3.8, 4) is 0 Å². The Morgan fingerprint density at radius 1 is 1.32 bits per heavy atom. The second-order valence-corrected chi connectivity index (χ2v) is 6.89. The average Bonchev–Trinajstić information content (AvgIpc) is 2.61. The molecule has 8 heteroatoms. The molecule has 0 fully saturated rings. The minimum Gasteiger partial charge on any atom is -0.453 e. The number of carbonyl (C=O) groups excluding carboxylic acids is 2. The minimum atomic E-state index is -0.816. The van der Waals surface area contributed by atoms with Gasteiger partial charge in [0, 0.05) is 6.04 Å². The summed E-state index contributed by atoms with van der Waals surface area (Å²) < 4.78 is 6.03. The largest absolute Gasteiger partial charge is 0.453 e. The maximum Gasteiger partial charge on any atom is 0.413 e. The molecule has 0 radical (unpaired) electrons. The van der Waals surface area contributed by atoms with E-state index in [1.807, 2.05) is 19.9 Å². The summed E-state index contributed by atoms with van der Waals surface area (Å²) in [6.45, 7) is 5.56. The van der Waals surface area contributed by atoms with E-state index in [2.05, 4.69) is 15.0 Å². The molecule has 0 saturated carbocycles. The third kappa shape index (κ3) is 4.19. The molecule has 0 aliphatic carbocycles. The predicted octanol–water partition coefficient (Wildman–Crippen LogP) is 2.73. The first-order valence-electron chi connectivity index (χ1n) is 7.95. The van der Waals surface area contributed by atoms with Crippen molar-refractivity contribution in [2.45, 2.75) is 43.6 Å². The lowest BCUT2D eigenvalue weighted by Gasteiger charge is -2.19. The zero-order valence-corrected chi connectivity index (χ0v) is 15.4. The Hall–Kier alpha value is -2.35. The molecule has 1 heterocycles. The molecular formula is C17H21N3O4S. The van der Waals surface area contributed by atoms with Gasteiger partial charge in [-0.25, -0.2) is 9.78 Å². The van der Waals surface area contributed by atoms with E-state index >= 15 is 0 Å². The average molecular weight is 363 g/mol. The molecule has 0 aliphatic heterocycles. The first-order chi connectivity index (χ1) is 11.9. The summed E-state index contributed by atoms with van der Waals surface area (Å²) in [5.41, 5.74) is 0.443. The molecule has 0 bridgehead atoms. The highest BCUT2D eigenvalue weighted by molar-refractivity contribution is 8.00. The summed E-state index contributed by atoms with van der Waals surface area (Å²) in [5, 5.41) is 2.50. The Morgan fingerprint density at radius 2 is 2.00 bits per heavy atom. The number of nitrogens with one attached hydrogen (secondary N) is 1. The first-order valence-corrected chi connectivity index (χ1v) is 8.83. The minimum absolute atomic E-state index is 0.0667. The highest BCUT2D eigenvalue weighted by Crippen LogP contribution is 2.25. The number of hydrogen-bond donors (Lipinski definition) is 1. The van der Waals surface area contributed by atoms with Gasteiger partial charge < -0.3 is 4.74 Å². The van der Waals surface area contributed by atoms with Gasteiger partial charge in [-0.15, -0.1) is 0 Å². The molecule has 1 aromatic carbocycles. The summed E-state index contributed by atoms with van der Waals surface area (Å²) in [7, 11) is 1.19. The Balaban J connectivity index is 2.43. The number of carbonyl (C=O) groups is 2. The Bertz CT molecular complexity index is 849. The number of thioether (sulfide) groups is 1. The van der Waals surface area contributed by atoms with Crippen LogP contribution in [0.1, 0.15) is 33.2 Å². The molecule has 7 nitrogen and oxygen atoms in total. The zero-order chi connectivity index (χ0) is 18.6. The number of fused-ring (bicyclic) bond motifs is 1. The van der Waals surface area contributed by atoms with E-state index in [1.54, 1.807) is 29.7 Å². The van der Waals surface area contributed by atoms with E-state index in [0.29, 0.717) is 16.1 Å². The normalized spacial score (nSPS) is 13.3. The van der Waals surface area contributed by atoms with Crippen LogP contribution in [0.4, 0.5) is 4.79 Å². The van der Waals surface area contributed by atoms with Gasteiger partial charge in [0.2, 0.25) is 5.91 Å². The highest BCUT2D eigenvalue weighted by atomic mass is 32.2. The van der Waals surface area contributed by atoms with Crippen molar-refractivity contribution >= 4 is 34.7 Å². The summed E-state index contributed by atoms with van der Waals surface area (Å²) >= 11 is 1.14. The maximum absolute atomic E-state index is 12.9. The fourth-order valence-electron chi connectivity index (χ4n) is 2.24. The Labute approximate surface area is 149 Å². The van der Waals surface area contributed by atoms with Crippen LogP contribution in [-0.4, -0.2) is 33.9 Å². The monoisotopic (exact) mass is 363 g/mol. The molecule has 25 heavy (non-hydrogen) atoms. The van der Waals surface area contributed by atoms with Crippen LogP contribution in [0.2, 0.25) is 0 Å². The molecular weight excluding hydrogens is 342 g/mol. The van der Waals surface area contributed by atoms with Gasteiger partial charge in [0.1, 0.15) is 0 Å². The van der Waals surface area contributed by atoms with Crippen molar-refractivity contribution < 1.29 is 14.3 Å². The van der Waals surface area contributed by atoms with Gasteiger partial charge in [0.15, 0.2) is 5.16 Å². The van der Waals surface area contributed by atoms with Crippen LogP contribution in [0.25, 0.3) is 10.9 Å². The molecule has 134 valence electrons. The van der Waals surface area contributed by atoms with Gasteiger partial charge in [0.05, 0.1) is 23.3 Å². The molecule has 2 aromatic rings. The number of benzene rings is 1. The second kappa shape index (κ2) is 8.15. The molecule has 0 spiro atoms. The van der Waals surface area contributed by atoms with Crippen LogP contribution < -0.4 is 10.9 Å². The number of aromatic nitrogens is 2. The molecule has 0 aliphatic rings. The van der Waals surface area contributed by atoms with Crippen LogP contribution in [0, 0.1) is 0 Å². The third-order valence-electron chi connectivity index (χ3n) is 3.87. The van der Waals surface area contributed by atoms with Crippen molar-refractivity contribution in [2.24, 2.45) is 0 Å². The van der Waals surface area contributed by atoms with Crippen LogP contribution in [0.5, 0.6) is 0 Å². The number of imide groups is 1. The number of nitrogens with zero attached hydrogens (tertiary/aromatic N) is 2. The fourth-order valence-corrected chi connectivity index (χ4v) is 3.25. The fraction of sp³-hybridized carbons (Fsp3) is 0.412. The topological polar surface area (TPSA) is 90.3 Å². The lowest BCUT2D eigenvalue weighted by atomic mass is 10.2. The Morgan fingerprint density at radius 3 is 2.64 bits per heavy atom. The van der Waals surface area contributed by atoms with Gasteiger partial charge in [-0.2, -0.15) is 0 Å². The van der Waals surface area contributed by atoms with Gasteiger partial charge in [-0.3, -0.25) is 19.5 Å². The van der Waals surface area contributed by atoms with E-state index in [4.69, 9.17) is 0 Å². The van der Waals surface area contributed by atoms with Crippen LogP contribution in [0.3, 0.4) is 0 Å². The number of amides is 2. The van der Waals surface area contributed by atoms with Crippen LogP contribution in [-0.2, 0) is 9.53 Å².